The Kier molecular flexibility index (Phi) is 10.2. The first-order valence-electron chi connectivity index (χ1n) is 25.8. The molecular weight excluding hydrogens is 858 g/mol. The Hall–Kier alpha value is -7.18. The SMILES string of the molecule is [2H]C1([2H])N(CC2CCN(CCN(C)c3cc(OC)c(Nc4nccc(-c5cn(C)c6ccccc56)n4)cc3NC(=O)C=C)CC2)C([2H])([2H])C([2H])([2H])N(c2ccc3c(c2F)C(=O)N(C2CCC(=O)NC2=O)C3=O)C1([2H])[2H]. The van der Waals surface area contributed by atoms with E-state index in [4.69, 9.17) is 20.7 Å². The predicted molar refractivity (Wildman–Crippen MR) is 253 cm³/mol. The minimum Gasteiger partial charge on any atom is -0.494 e. The number of likely N-dealkylation sites (tertiary alicyclic amines) is 1. The summed E-state index contributed by atoms with van der Waals surface area (Å²) in [5.74, 6) is -5.73. The zero-order chi connectivity index (χ0) is 54.1. The van der Waals surface area contributed by atoms with Gasteiger partial charge in [0.05, 0.1) is 52.2 Å². The molecule has 3 saturated heterocycles. The molecule has 1 atom stereocenters. The first-order valence-corrected chi connectivity index (χ1v) is 21.8. The van der Waals surface area contributed by atoms with Crippen LogP contribution < -0.4 is 30.5 Å². The molecule has 2 aromatic heterocycles. The summed E-state index contributed by atoms with van der Waals surface area (Å²) in [6, 6.07) is 13.6. The van der Waals surface area contributed by atoms with Crippen molar-refractivity contribution < 1.29 is 44.1 Å². The number of para-hydroxylation sites is 1. The summed E-state index contributed by atoms with van der Waals surface area (Å²) in [6.07, 6.45) is 5.18. The molecule has 17 nitrogen and oxygen atoms in total. The maximum absolute atomic E-state index is 16.7. The van der Waals surface area contributed by atoms with E-state index in [1.54, 1.807) is 18.3 Å². The van der Waals surface area contributed by atoms with Crippen molar-refractivity contribution >= 4 is 69.1 Å². The lowest BCUT2D eigenvalue weighted by atomic mass is 9.96. The molecule has 5 aromatic rings. The summed E-state index contributed by atoms with van der Waals surface area (Å²) in [5.41, 5.74) is 1.75. The molecule has 0 saturated carbocycles. The number of piperazine rings is 1. The van der Waals surface area contributed by atoms with Gasteiger partial charge in [0, 0.05) is 107 Å². The third-order valence-corrected chi connectivity index (χ3v) is 12.5. The van der Waals surface area contributed by atoms with Gasteiger partial charge in [-0.15, -0.1) is 0 Å². The number of hydrogen-bond acceptors (Lipinski definition) is 13. The molecule has 18 heteroatoms. The molecule has 4 aliphatic heterocycles. The molecule has 9 rings (SSSR count). The van der Waals surface area contributed by atoms with Crippen molar-refractivity contribution in [2.75, 3.05) is 93.3 Å². The summed E-state index contributed by atoms with van der Waals surface area (Å²) in [6.45, 7) is -8.50. The molecule has 3 N–H and O–H groups in total. The number of aromatic nitrogens is 3. The Bertz CT molecular complexity index is 3140. The van der Waals surface area contributed by atoms with Crippen molar-refractivity contribution in [3.05, 3.63) is 96.6 Å². The molecule has 0 aliphatic carbocycles. The summed E-state index contributed by atoms with van der Waals surface area (Å²) in [5, 5.41) is 9.20. The van der Waals surface area contributed by atoms with E-state index in [0.717, 1.165) is 34.7 Å². The molecule has 1 unspecified atom stereocenters. The summed E-state index contributed by atoms with van der Waals surface area (Å²) in [7, 11) is 5.34. The molecule has 0 spiro atoms. The van der Waals surface area contributed by atoms with Gasteiger partial charge in [0.25, 0.3) is 11.8 Å². The number of benzene rings is 3. The molecule has 3 fully saturated rings. The van der Waals surface area contributed by atoms with Crippen molar-refractivity contribution in [3.8, 4) is 17.0 Å². The van der Waals surface area contributed by atoms with E-state index in [1.165, 1.54) is 7.11 Å². The van der Waals surface area contributed by atoms with Gasteiger partial charge in [-0.3, -0.25) is 39.1 Å². The van der Waals surface area contributed by atoms with Gasteiger partial charge >= 0.3 is 0 Å². The Balaban J connectivity index is 0.871. The highest BCUT2D eigenvalue weighted by Crippen LogP contribution is 2.39. The van der Waals surface area contributed by atoms with Crippen LogP contribution in [0, 0.1) is 11.7 Å². The van der Waals surface area contributed by atoms with Crippen molar-refractivity contribution in [2.24, 2.45) is 13.0 Å². The number of hydrogen-bond donors (Lipinski definition) is 3. The highest BCUT2D eigenvalue weighted by atomic mass is 19.1. The van der Waals surface area contributed by atoms with Crippen molar-refractivity contribution in [1.82, 2.24) is 34.6 Å². The number of nitrogens with one attached hydrogen (secondary N) is 3. The van der Waals surface area contributed by atoms with Crippen LogP contribution in [0.5, 0.6) is 5.75 Å². The number of ether oxygens (including phenoxy) is 1. The largest absolute Gasteiger partial charge is 0.494 e. The van der Waals surface area contributed by atoms with E-state index >= 15 is 4.39 Å². The van der Waals surface area contributed by atoms with Gasteiger partial charge in [0.1, 0.15) is 11.8 Å². The van der Waals surface area contributed by atoms with Gasteiger partial charge in [0.2, 0.25) is 23.7 Å². The highest BCUT2D eigenvalue weighted by molar-refractivity contribution is 6.24. The predicted octanol–water partition coefficient (Wildman–Crippen LogP) is 5.02. The van der Waals surface area contributed by atoms with E-state index in [2.05, 4.69) is 27.1 Å². The van der Waals surface area contributed by atoms with Crippen molar-refractivity contribution in [1.29, 1.82) is 0 Å². The van der Waals surface area contributed by atoms with Gasteiger partial charge in [-0.05, 0) is 74.7 Å². The second kappa shape index (κ2) is 19.0. The number of carbonyl (C=O) groups excluding carboxylic acids is 5. The number of likely N-dealkylation sites (N-methyl/N-ethyl adjacent to an activating group) is 1. The highest BCUT2D eigenvalue weighted by Gasteiger charge is 2.46. The number of imide groups is 2. The minimum absolute atomic E-state index is 0.00608. The van der Waals surface area contributed by atoms with Gasteiger partial charge in [-0.25, -0.2) is 14.4 Å². The zero-order valence-corrected chi connectivity index (χ0v) is 37.1. The Morgan fingerprint density at radius 3 is 2.52 bits per heavy atom. The maximum atomic E-state index is 16.7. The van der Waals surface area contributed by atoms with E-state index in [-0.39, 0.29) is 17.7 Å². The van der Waals surface area contributed by atoms with Crippen LogP contribution in [0.4, 0.5) is 33.1 Å². The van der Waals surface area contributed by atoms with Gasteiger partial charge < -0.3 is 34.6 Å². The fourth-order valence-corrected chi connectivity index (χ4v) is 8.90. The molecular formula is C49H54FN11O6. The number of methoxy groups -OCH3 is 1. The molecule has 0 bridgehead atoms. The topological polar surface area (TPSA) is 178 Å². The molecule has 0 radical (unpaired) electrons. The lowest BCUT2D eigenvalue weighted by Crippen LogP contribution is -2.54. The smallest absolute Gasteiger partial charge is 0.265 e. The van der Waals surface area contributed by atoms with E-state index in [0.29, 0.717) is 83.3 Å². The van der Waals surface area contributed by atoms with Crippen LogP contribution in [0.1, 0.15) is 57.4 Å². The summed E-state index contributed by atoms with van der Waals surface area (Å²) in [4.78, 5) is 78.4. The fraction of sp³-hybridized carbons (Fsp3) is 0.367. The average Bonchev–Trinajstić information content (AvgIpc) is 3.84. The summed E-state index contributed by atoms with van der Waals surface area (Å²) < 4.78 is 96.9. The minimum atomic E-state index is -3.49. The number of carbonyl (C=O) groups is 5. The Morgan fingerprint density at radius 1 is 1.00 bits per heavy atom. The molecule has 3 aromatic carbocycles. The average molecular weight is 920 g/mol. The first-order chi connectivity index (χ1) is 35.4. The molecule has 5 amide bonds. The number of amides is 5. The van der Waals surface area contributed by atoms with E-state index in [1.807, 2.05) is 65.4 Å². The Labute approximate surface area is 398 Å². The normalized spacial score (nSPS) is 23.1. The fourth-order valence-electron chi connectivity index (χ4n) is 8.90. The van der Waals surface area contributed by atoms with Crippen LogP contribution in [0.25, 0.3) is 22.2 Å². The summed E-state index contributed by atoms with van der Waals surface area (Å²) >= 11 is 0. The molecule has 67 heavy (non-hydrogen) atoms. The number of aryl methyl sites for hydroxylation is 1. The van der Waals surface area contributed by atoms with Crippen molar-refractivity contribution in [2.45, 2.75) is 31.7 Å². The van der Waals surface area contributed by atoms with Crippen molar-refractivity contribution in [3.63, 3.8) is 0 Å². The quantitative estimate of drug-likeness (QED) is 0.100. The number of anilines is 5. The Morgan fingerprint density at radius 2 is 1.78 bits per heavy atom. The maximum Gasteiger partial charge on any atom is 0.265 e. The molecule has 6 heterocycles. The van der Waals surface area contributed by atoms with Crippen LogP contribution in [-0.2, 0) is 21.4 Å². The number of halogens is 1. The number of nitrogens with zero attached hydrogens (tertiary/aromatic N) is 8. The van der Waals surface area contributed by atoms with Gasteiger partial charge in [-0.2, -0.15) is 0 Å². The van der Waals surface area contributed by atoms with E-state index in [9.17, 15) is 24.0 Å². The van der Waals surface area contributed by atoms with Crippen LogP contribution in [0.3, 0.4) is 0 Å². The monoisotopic (exact) mass is 919 g/mol. The standard InChI is InChI=1S/C49H54FN11O6/c1-5-42(62)52-35-26-36(54-49-51-17-14-34(53-49)33-29-57(3)37-9-7-6-8-31(33)37)41(67-4)27-40(35)56(2)20-21-58-18-15-30(16-19-58)28-59-22-24-60(25-23-59)38-11-10-32-44(45(38)50)48(66)61(47(32)65)39-12-13-43(63)55-46(39)64/h5-11,14,17,26-27,29-30,39H,1,12-13,15-16,18-25,28H2,2-4H3,(H,52,62)(H,51,53,54)(H,55,63,64)/i22D2,23D2,24D2,25D2. The molecule has 4 aliphatic rings. The van der Waals surface area contributed by atoms with Crippen LogP contribution in [-0.4, -0.2) is 138 Å². The number of rotatable bonds is 14. The van der Waals surface area contributed by atoms with Crippen LogP contribution in [0.15, 0.2) is 79.6 Å². The second-order valence-corrected chi connectivity index (χ2v) is 16.7. The first kappa shape index (κ1) is 36.0. The van der Waals surface area contributed by atoms with Crippen LogP contribution in [0.2, 0.25) is 0 Å². The lowest BCUT2D eigenvalue weighted by molar-refractivity contribution is -0.136. The third-order valence-electron chi connectivity index (χ3n) is 12.5. The van der Waals surface area contributed by atoms with Gasteiger partial charge in [0.15, 0.2) is 5.82 Å². The zero-order valence-electron chi connectivity index (χ0n) is 45.1. The lowest BCUT2D eigenvalue weighted by Gasteiger charge is -2.40. The number of fused-ring (bicyclic) bond motifs is 2. The number of piperidine rings is 2. The third kappa shape index (κ3) is 9.05. The molecule has 348 valence electrons. The van der Waals surface area contributed by atoms with Gasteiger partial charge in [-0.1, -0.05) is 24.8 Å². The van der Waals surface area contributed by atoms with E-state index < -0.39 is 96.7 Å². The second-order valence-electron chi connectivity index (χ2n) is 16.7. The van der Waals surface area contributed by atoms with Crippen LogP contribution >= 0.6 is 0 Å².